The zero-order valence-electron chi connectivity index (χ0n) is 28.1. The van der Waals surface area contributed by atoms with Gasteiger partial charge in [-0.3, -0.25) is 15.0 Å². The number of nitrogens with one attached hydrogen (secondary N) is 2. The van der Waals surface area contributed by atoms with Gasteiger partial charge in [-0.25, -0.2) is 8.42 Å². The number of amidine groups is 1. The Labute approximate surface area is 286 Å². The number of nitrogen functional groups attached to an aromatic ring is 1. The number of carbonyl (C=O) groups excluding carboxylic acids is 2. The average Bonchev–Trinajstić information content (AvgIpc) is 3.07. The summed E-state index contributed by atoms with van der Waals surface area (Å²) in [5, 5.41) is 37.8. The summed E-state index contributed by atoms with van der Waals surface area (Å²) < 4.78 is 46.7. The Hall–Kier alpha value is -3.48. The van der Waals surface area contributed by atoms with E-state index in [0.717, 1.165) is 19.3 Å². The van der Waals surface area contributed by atoms with Crippen molar-refractivity contribution >= 4 is 27.5 Å². The van der Waals surface area contributed by atoms with Gasteiger partial charge in [-0.05, 0) is 80.8 Å². The van der Waals surface area contributed by atoms with Crippen molar-refractivity contribution < 1.29 is 47.5 Å². The number of aliphatic hydroxyl groups is 3. The predicted octanol–water partition coefficient (Wildman–Crippen LogP) is -0.228. The van der Waals surface area contributed by atoms with Crippen LogP contribution in [-0.4, -0.2) is 116 Å². The molecule has 0 radical (unpaired) electrons. The molecule has 0 aliphatic carbocycles. The number of hydrogen-bond donors (Lipinski definition) is 7. The van der Waals surface area contributed by atoms with Crippen LogP contribution >= 0.6 is 0 Å². The monoisotopic (exact) mass is 705 g/mol. The molecule has 49 heavy (non-hydrogen) atoms. The molecule has 2 saturated heterocycles. The SMILES string of the molecule is COc1cc(C)c(S(=O)(=O)N[C@H](Cc2ccc(C(=N)N)c(C(=O)[C@@H](N)CO[C@@H]3OC[C@@H](O)[C@@H](O)[C@H]3O)c2)C(=O)N2CCCCC2)c(C)c1C. The standard InChI is InChI=1S/C33H47N5O10S/c1-17-12-26(46-4)18(2)19(3)30(17)49(44,45)37-24(32(43)38-10-6-5-7-11-38)14-20-8-9-21(31(35)36)22(13-20)27(40)23(34)15-47-33-29(42)28(41)25(39)16-48-33/h8-9,12-13,23-25,28-29,33,37,39,41-42H,5-7,10-11,14-16,34H2,1-4H3,(H3,35,36)/t23-,24+,25+,28+,29+,33+/m0/s1. The summed E-state index contributed by atoms with van der Waals surface area (Å²) in [6.45, 7) is 5.29. The number of likely N-dealkylation sites (tertiary alicyclic amines) is 1. The van der Waals surface area contributed by atoms with E-state index >= 15 is 0 Å². The average molecular weight is 706 g/mol. The van der Waals surface area contributed by atoms with Crippen LogP contribution in [-0.2, 0) is 30.7 Å². The summed E-state index contributed by atoms with van der Waals surface area (Å²) in [7, 11) is -2.74. The second-order valence-corrected chi connectivity index (χ2v) is 14.2. The summed E-state index contributed by atoms with van der Waals surface area (Å²) in [5.41, 5.74) is 13.9. The molecule has 9 N–H and O–H groups in total. The van der Waals surface area contributed by atoms with Gasteiger partial charge >= 0.3 is 0 Å². The molecule has 1 amide bonds. The van der Waals surface area contributed by atoms with E-state index in [4.69, 9.17) is 31.1 Å². The summed E-state index contributed by atoms with van der Waals surface area (Å²) in [6.07, 6.45) is -3.37. The minimum Gasteiger partial charge on any atom is -0.496 e. The zero-order valence-corrected chi connectivity index (χ0v) is 29.0. The molecule has 6 atom stereocenters. The molecular weight excluding hydrogens is 658 g/mol. The first kappa shape index (κ1) is 38.3. The molecule has 0 bridgehead atoms. The number of Topliss-reactive ketones (excluding diaryl/α,β-unsaturated/α-hetero) is 1. The summed E-state index contributed by atoms with van der Waals surface area (Å²) >= 11 is 0. The number of benzene rings is 2. The Morgan fingerprint density at radius 3 is 2.37 bits per heavy atom. The molecule has 16 heteroatoms. The number of aryl methyl sites for hydroxylation is 1. The van der Waals surface area contributed by atoms with Gasteiger partial charge in [0.15, 0.2) is 12.1 Å². The Morgan fingerprint density at radius 2 is 1.73 bits per heavy atom. The van der Waals surface area contributed by atoms with Gasteiger partial charge in [-0.15, -0.1) is 0 Å². The number of amides is 1. The van der Waals surface area contributed by atoms with Crippen LogP contribution in [0.4, 0.5) is 0 Å². The number of hydrogen-bond acceptors (Lipinski definition) is 12. The highest BCUT2D eigenvalue weighted by Crippen LogP contribution is 2.31. The van der Waals surface area contributed by atoms with Crippen molar-refractivity contribution in [3.63, 3.8) is 0 Å². The number of nitrogens with zero attached hydrogens (tertiary/aromatic N) is 1. The number of piperidine rings is 1. The van der Waals surface area contributed by atoms with E-state index in [9.17, 15) is 33.3 Å². The highest BCUT2D eigenvalue weighted by atomic mass is 32.2. The maximum atomic E-state index is 14.0. The lowest BCUT2D eigenvalue weighted by Gasteiger charge is -2.35. The van der Waals surface area contributed by atoms with Gasteiger partial charge in [0.1, 0.15) is 35.9 Å². The molecule has 2 fully saturated rings. The van der Waals surface area contributed by atoms with Gasteiger partial charge in [0.05, 0.1) is 31.3 Å². The van der Waals surface area contributed by atoms with Crippen LogP contribution in [0, 0.1) is 26.2 Å². The van der Waals surface area contributed by atoms with E-state index in [1.165, 1.54) is 19.2 Å². The minimum atomic E-state index is -4.24. The zero-order chi connectivity index (χ0) is 36.2. The molecule has 2 aliphatic heterocycles. The Kier molecular flexibility index (Phi) is 12.5. The van der Waals surface area contributed by atoms with Crippen LogP contribution in [0.25, 0.3) is 0 Å². The van der Waals surface area contributed by atoms with Gasteiger partial charge in [-0.2, -0.15) is 4.72 Å². The van der Waals surface area contributed by atoms with Gasteiger partial charge in [0.2, 0.25) is 15.9 Å². The molecular formula is C33H47N5O10S. The van der Waals surface area contributed by atoms with Crippen molar-refractivity contribution in [2.45, 2.75) is 88.0 Å². The van der Waals surface area contributed by atoms with E-state index in [1.807, 2.05) is 0 Å². The van der Waals surface area contributed by atoms with Crippen molar-refractivity contribution in [1.82, 2.24) is 9.62 Å². The number of nitrogens with two attached hydrogens (primary N) is 2. The van der Waals surface area contributed by atoms with Gasteiger partial charge in [0.25, 0.3) is 0 Å². The van der Waals surface area contributed by atoms with Crippen LogP contribution in [0.3, 0.4) is 0 Å². The number of ether oxygens (including phenoxy) is 3. The molecule has 0 saturated carbocycles. The normalized spacial score (nSPS) is 22.7. The number of ketones is 1. The lowest BCUT2D eigenvalue weighted by Crippen LogP contribution is -2.54. The third kappa shape index (κ3) is 8.64. The van der Waals surface area contributed by atoms with Crippen LogP contribution in [0.2, 0.25) is 0 Å². The predicted molar refractivity (Wildman–Crippen MR) is 179 cm³/mol. The largest absolute Gasteiger partial charge is 0.496 e. The van der Waals surface area contributed by atoms with E-state index in [-0.39, 0.29) is 29.1 Å². The molecule has 2 aromatic rings. The Bertz CT molecular complexity index is 1660. The lowest BCUT2D eigenvalue weighted by atomic mass is 9.94. The van der Waals surface area contributed by atoms with Gasteiger partial charge in [-0.1, -0.05) is 12.1 Å². The third-order valence-electron chi connectivity index (χ3n) is 9.04. The maximum Gasteiger partial charge on any atom is 0.241 e. The van der Waals surface area contributed by atoms with Crippen molar-refractivity contribution in [2.24, 2.45) is 11.5 Å². The maximum absolute atomic E-state index is 14.0. The molecule has 15 nitrogen and oxygen atoms in total. The van der Waals surface area contributed by atoms with Crippen LogP contribution in [0.15, 0.2) is 29.2 Å². The van der Waals surface area contributed by atoms with E-state index in [1.54, 1.807) is 37.8 Å². The van der Waals surface area contributed by atoms with Crippen LogP contribution in [0.5, 0.6) is 5.75 Å². The minimum absolute atomic E-state index is 0.0464. The number of carbonyl (C=O) groups is 2. The van der Waals surface area contributed by atoms with Crippen molar-refractivity contribution in [3.05, 3.63) is 57.6 Å². The van der Waals surface area contributed by atoms with Crippen molar-refractivity contribution in [3.8, 4) is 5.75 Å². The highest BCUT2D eigenvalue weighted by Gasteiger charge is 2.39. The Balaban J connectivity index is 1.63. The van der Waals surface area contributed by atoms with Crippen LogP contribution in [0.1, 0.15) is 57.4 Å². The molecule has 0 aromatic heterocycles. The quantitative estimate of drug-likeness (QED) is 0.0812. The molecule has 2 heterocycles. The number of rotatable bonds is 13. The first-order valence-corrected chi connectivity index (χ1v) is 17.6. The second-order valence-electron chi connectivity index (χ2n) is 12.6. The number of aliphatic hydroxyl groups excluding tert-OH is 3. The molecule has 2 aliphatic rings. The van der Waals surface area contributed by atoms with Crippen LogP contribution < -0.4 is 20.9 Å². The first-order chi connectivity index (χ1) is 23.1. The molecule has 0 spiro atoms. The molecule has 2 aromatic carbocycles. The lowest BCUT2D eigenvalue weighted by molar-refractivity contribution is -0.270. The van der Waals surface area contributed by atoms with E-state index < -0.39 is 70.8 Å². The van der Waals surface area contributed by atoms with E-state index in [0.29, 0.717) is 41.1 Å². The Morgan fingerprint density at radius 1 is 1.06 bits per heavy atom. The molecule has 4 rings (SSSR count). The van der Waals surface area contributed by atoms with Crippen molar-refractivity contribution in [1.29, 1.82) is 5.41 Å². The number of sulfonamides is 1. The van der Waals surface area contributed by atoms with Gasteiger partial charge < -0.3 is 45.9 Å². The van der Waals surface area contributed by atoms with Crippen molar-refractivity contribution in [2.75, 3.05) is 33.4 Å². The smallest absolute Gasteiger partial charge is 0.241 e. The molecule has 270 valence electrons. The summed E-state index contributed by atoms with van der Waals surface area (Å²) in [6, 6.07) is 3.48. The first-order valence-electron chi connectivity index (χ1n) is 16.1. The highest BCUT2D eigenvalue weighted by molar-refractivity contribution is 7.89. The second kappa shape index (κ2) is 16.0. The van der Waals surface area contributed by atoms with Gasteiger partial charge in [0, 0.05) is 24.2 Å². The number of methoxy groups -OCH3 is 1. The fourth-order valence-electron chi connectivity index (χ4n) is 6.20. The fraction of sp³-hybridized carbons (Fsp3) is 0.545. The molecule has 0 unspecified atom stereocenters. The summed E-state index contributed by atoms with van der Waals surface area (Å²) in [4.78, 5) is 29.2. The summed E-state index contributed by atoms with van der Waals surface area (Å²) in [5.74, 6) is -0.970. The van der Waals surface area contributed by atoms with E-state index in [2.05, 4.69) is 4.72 Å². The third-order valence-corrected chi connectivity index (χ3v) is 10.8. The topological polar surface area (TPSA) is 248 Å². The fourth-order valence-corrected chi connectivity index (χ4v) is 7.92.